The largest absolute Gasteiger partial charge is 0.309 e. The number of halogens is 2. The van der Waals surface area contributed by atoms with Crippen LogP contribution in [0.5, 0.6) is 0 Å². The van der Waals surface area contributed by atoms with Crippen LogP contribution >= 0.6 is 33.9 Å². The summed E-state index contributed by atoms with van der Waals surface area (Å²) in [6.07, 6.45) is 2.86. The van der Waals surface area contributed by atoms with Crippen molar-refractivity contribution < 1.29 is 4.39 Å². The smallest absolute Gasteiger partial charge is 0.146 e. The van der Waals surface area contributed by atoms with Crippen LogP contribution in [0, 0.1) is 8.70 Å². The molecule has 0 radical (unpaired) electrons. The van der Waals surface area contributed by atoms with Gasteiger partial charge in [0.05, 0.1) is 15.1 Å². The van der Waals surface area contributed by atoms with E-state index in [1.807, 2.05) is 12.4 Å². The lowest BCUT2D eigenvalue weighted by Gasteiger charge is -2.15. The molecule has 1 unspecified atom stereocenters. The van der Waals surface area contributed by atoms with Crippen LogP contribution in [0.4, 0.5) is 4.39 Å². The summed E-state index contributed by atoms with van der Waals surface area (Å²) in [6, 6.07) is 3.66. The molecule has 2 aromatic rings. The van der Waals surface area contributed by atoms with Gasteiger partial charge in [-0.25, -0.2) is 4.39 Å². The van der Waals surface area contributed by atoms with Crippen molar-refractivity contribution in [1.82, 2.24) is 10.3 Å². The maximum Gasteiger partial charge on any atom is 0.146 e. The van der Waals surface area contributed by atoms with Crippen molar-refractivity contribution >= 4 is 33.9 Å². The third kappa shape index (κ3) is 2.41. The average Bonchev–Trinajstić information content (AvgIpc) is 2.69. The van der Waals surface area contributed by atoms with Crippen molar-refractivity contribution in [2.45, 2.75) is 6.04 Å². The number of thiophene rings is 1. The summed E-state index contributed by atoms with van der Waals surface area (Å²) in [6.45, 7) is 0. The minimum absolute atomic E-state index is 0.109. The van der Waals surface area contributed by atoms with Gasteiger partial charge in [0.1, 0.15) is 5.82 Å². The third-order valence-corrected chi connectivity index (χ3v) is 4.13. The monoisotopic (exact) mass is 348 g/mol. The molecule has 16 heavy (non-hydrogen) atoms. The van der Waals surface area contributed by atoms with Crippen LogP contribution in [0.25, 0.3) is 0 Å². The molecule has 2 aromatic heterocycles. The molecule has 5 heteroatoms. The van der Waals surface area contributed by atoms with Crippen molar-refractivity contribution in [3.05, 3.63) is 49.7 Å². The lowest BCUT2D eigenvalue weighted by atomic mass is 10.0. The van der Waals surface area contributed by atoms with Gasteiger partial charge in [-0.1, -0.05) is 0 Å². The Morgan fingerprint density at radius 1 is 1.56 bits per heavy atom. The molecule has 0 saturated heterocycles. The average molecular weight is 348 g/mol. The van der Waals surface area contributed by atoms with Gasteiger partial charge in [-0.05, 0) is 52.7 Å². The van der Waals surface area contributed by atoms with E-state index in [1.165, 1.54) is 9.08 Å². The van der Waals surface area contributed by atoms with Gasteiger partial charge in [0, 0.05) is 11.8 Å². The molecule has 0 aliphatic rings. The standard InChI is InChI=1S/C11H10FIN2S/c1-14-11(7-4-10(13)16-6-7)8-2-3-15-5-9(8)12/h2-6,11,14H,1H3. The number of pyridine rings is 1. The molecule has 0 saturated carbocycles. The zero-order valence-corrected chi connectivity index (χ0v) is 11.5. The van der Waals surface area contributed by atoms with E-state index >= 15 is 0 Å². The van der Waals surface area contributed by atoms with E-state index in [2.05, 4.69) is 39.0 Å². The second kappa shape index (κ2) is 5.20. The predicted octanol–water partition coefficient (Wildman–Crippen LogP) is 3.20. The summed E-state index contributed by atoms with van der Waals surface area (Å²) in [5.74, 6) is -0.275. The van der Waals surface area contributed by atoms with E-state index in [-0.39, 0.29) is 11.9 Å². The Bertz CT molecular complexity index is 486. The Morgan fingerprint density at radius 2 is 2.38 bits per heavy atom. The number of nitrogens with one attached hydrogen (secondary N) is 1. The first-order chi connectivity index (χ1) is 7.72. The summed E-state index contributed by atoms with van der Waals surface area (Å²) in [4.78, 5) is 3.76. The lowest BCUT2D eigenvalue weighted by molar-refractivity contribution is 0.571. The van der Waals surface area contributed by atoms with E-state index in [1.54, 1.807) is 23.6 Å². The van der Waals surface area contributed by atoms with Gasteiger partial charge >= 0.3 is 0 Å². The first-order valence-electron chi connectivity index (χ1n) is 4.73. The molecule has 0 amide bonds. The Hall–Kier alpha value is -0.530. The number of rotatable bonds is 3. The third-order valence-electron chi connectivity index (χ3n) is 2.32. The quantitative estimate of drug-likeness (QED) is 0.862. The summed E-state index contributed by atoms with van der Waals surface area (Å²) >= 11 is 3.92. The highest BCUT2D eigenvalue weighted by Crippen LogP contribution is 2.28. The highest BCUT2D eigenvalue weighted by Gasteiger charge is 2.16. The summed E-state index contributed by atoms with van der Waals surface area (Å²) < 4.78 is 14.8. The molecule has 1 N–H and O–H groups in total. The predicted molar refractivity (Wildman–Crippen MR) is 72.1 cm³/mol. The molecule has 0 fully saturated rings. The number of aromatic nitrogens is 1. The summed E-state index contributed by atoms with van der Waals surface area (Å²) in [7, 11) is 1.83. The lowest BCUT2D eigenvalue weighted by Crippen LogP contribution is -2.18. The molecule has 2 heterocycles. The molecule has 1 atom stereocenters. The van der Waals surface area contributed by atoms with E-state index in [4.69, 9.17) is 0 Å². The van der Waals surface area contributed by atoms with Crippen LogP contribution in [0.1, 0.15) is 17.2 Å². The van der Waals surface area contributed by atoms with Crippen molar-refractivity contribution in [2.75, 3.05) is 7.05 Å². The minimum atomic E-state index is -0.275. The number of hydrogen-bond acceptors (Lipinski definition) is 3. The van der Waals surface area contributed by atoms with Crippen LogP contribution < -0.4 is 5.32 Å². The van der Waals surface area contributed by atoms with E-state index < -0.39 is 0 Å². The minimum Gasteiger partial charge on any atom is -0.309 e. The van der Waals surface area contributed by atoms with Crippen molar-refractivity contribution in [3.8, 4) is 0 Å². The van der Waals surface area contributed by atoms with Crippen LogP contribution in [-0.2, 0) is 0 Å². The molecule has 0 aliphatic heterocycles. The molecule has 2 nitrogen and oxygen atoms in total. The first-order valence-corrected chi connectivity index (χ1v) is 6.69. The fourth-order valence-electron chi connectivity index (χ4n) is 1.60. The second-order valence-corrected chi connectivity index (χ2v) is 6.11. The maximum atomic E-state index is 13.6. The van der Waals surface area contributed by atoms with Gasteiger partial charge in [-0.15, -0.1) is 11.3 Å². The molecule has 0 bridgehead atoms. The highest BCUT2D eigenvalue weighted by molar-refractivity contribution is 14.1. The van der Waals surface area contributed by atoms with Gasteiger partial charge in [-0.3, -0.25) is 4.98 Å². The highest BCUT2D eigenvalue weighted by atomic mass is 127. The van der Waals surface area contributed by atoms with Crippen molar-refractivity contribution in [1.29, 1.82) is 0 Å². The van der Waals surface area contributed by atoms with E-state index in [0.717, 1.165) is 5.56 Å². The normalized spacial score (nSPS) is 12.7. The molecule has 0 aliphatic carbocycles. The zero-order valence-electron chi connectivity index (χ0n) is 8.58. The number of nitrogens with zero attached hydrogens (tertiary/aromatic N) is 1. The van der Waals surface area contributed by atoms with Crippen LogP contribution in [0.15, 0.2) is 29.9 Å². The Morgan fingerprint density at radius 3 is 2.94 bits per heavy atom. The van der Waals surface area contributed by atoms with Gasteiger partial charge in [-0.2, -0.15) is 0 Å². The first kappa shape index (κ1) is 11.9. The summed E-state index contributed by atoms with van der Waals surface area (Å²) in [5, 5.41) is 5.17. The van der Waals surface area contributed by atoms with Crippen LogP contribution in [0.3, 0.4) is 0 Å². The van der Waals surface area contributed by atoms with Gasteiger partial charge < -0.3 is 5.32 Å². The van der Waals surface area contributed by atoms with Crippen LogP contribution in [-0.4, -0.2) is 12.0 Å². The van der Waals surface area contributed by atoms with Gasteiger partial charge in [0.25, 0.3) is 0 Å². The molecule has 2 rings (SSSR count). The number of hydrogen-bond donors (Lipinski definition) is 1. The van der Waals surface area contributed by atoms with Gasteiger partial charge in [0.15, 0.2) is 0 Å². The molecule has 0 aromatic carbocycles. The topological polar surface area (TPSA) is 24.9 Å². The van der Waals surface area contributed by atoms with Crippen molar-refractivity contribution in [2.24, 2.45) is 0 Å². The molecule has 84 valence electrons. The Labute approximate surface area is 111 Å². The van der Waals surface area contributed by atoms with Crippen molar-refractivity contribution in [3.63, 3.8) is 0 Å². The van der Waals surface area contributed by atoms with Gasteiger partial charge in [0.2, 0.25) is 0 Å². The maximum absolute atomic E-state index is 13.6. The zero-order chi connectivity index (χ0) is 11.5. The molecular formula is C11H10FIN2S. The van der Waals surface area contributed by atoms with E-state index in [9.17, 15) is 4.39 Å². The fourth-order valence-corrected chi connectivity index (χ4v) is 2.99. The SMILES string of the molecule is CNC(c1csc(I)c1)c1ccncc1F. The fraction of sp³-hybridized carbons (Fsp3) is 0.182. The Kier molecular flexibility index (Phi) is 3.88. The Balaban J connectivity index is 2.40. The second-order valence-electron chi connectivity index (χ2n) is 3.30. The molecule has 0 spiro atoms. The summed E-state index contributed by atoms with van der Waals surface area (Å²) in [5.41, 5.74) is 1.72. The molecular weight excluding hydrogens is 338 g/mol. The van der Waals surface area contributed by atoms with E-state index in [0.29, 0.717) is 5.56 Å². The van der Waals surface area contributed by atoms with Crippen LogP contribution in [0.2, 0.25) is 0 Å².